The van der Waals surface area contributed by atoms with Crippen LogP contribution in [-0.2, 0) is 17.6 Å². The number of guanidine groups is 1. The summed E-state index contributed by atoms with van der Waals surface area (Å²) >= 11 is 0. The summed E-state index contributed by atoms with van der Waals surface area (Å²) in [7, 11) is 0. The van der Waals surface area contributed by atoms with Crippen LogP contribution in [0.2, 0.25) is 0 Å². The number of amides is 1. The minimum Gasteiger partial charge on any atom is -0.370 e. The molecule has 2 fully saturated rings. The van der Waals surface area contributed by atoms with E-state index in [1.54, 1.807) is 0 Å². The quantitative estimate of drug-likeness (QED) is 0.393. The molecule has 1 atom stereocenters. The molecule has 1 unspecified atom stereocenters. The lowest BCUT2D eigenvalue weighted by atomic mass is 10.0. The van der Waals surface area contributed by atoms with Crippen LogP contribution in [0.15, 0.2) is 23.2 Å². The molecule has 1 aliphatic carbocycles. The first-order valence-electron chi connectivity index (χ1n) is 9.09. The fourth-order valence-electron chi connectivity index (χ4n) is 3.47. The number of likely N-dealkylation sites (tertiary alicyclic amines) is 1. The van der Waals surface area contributed by atoms with Gasteiger partial charge in [0.1, 0.15) is 0 Å². The fraction of sp³-hybridized carbons (Fsp3) is 0.579. The summed E-state index contributed by atoms with van der Waals surface area (Å²) in [6.07, 6.45) is 4.85. The van der Waals surface area contributed by atoms with Gasteiger partial charge < -0.3 is 16.0 Å². The zero-order chi connectivity index (χ0) is 17.1. The highest BCUT2D eigenvalue weighted by Gasteiger charge is 2.39. The van der Waals surface area contributed by atoms with Crippen LogP contribution in [0.1, 0.15) is 44.2 Å². The molecule has 138 valence electrons. The maximum absolute atomic E-state index is 12.0. The van der Waals surface area contributed by atoms with Crippen molar-refractivity contribution < 1.29 is 4.79 Å². The highest BCUT2D eigenvalue weighted by Crippen LogP contribution is 2.32. The number of aliphatic imine (C=N–C) groups is 1. The number of anilines is 1. The van der Waals surface area contributed by atoms with Crippen molar-refractivity contribution in [2.75, 3.05) is 18.4 Å². The first kappa shape index (κ1) is 20.0. The van der Waals surface area contributed by atoms with Crippen molar-refractivity contribution in [1.29, 1.82) is 0 Å². The molecule has 2 aliphatic rings. The average molecular weight is 456 g/mol. The number of hydrogen-bond donors (Lipinski definition) is 2. The van der Waals surface area contributed by atoms with Crippen LogP contribution in [0, 0.1) is 5.92 Å². The van der Waals surface area contributed by atoms with Crippen molar-refractivity contribution in [3.63, 3.8) is 0 Å². The van der Waals surface area contributed by atoms with Gasteiger partial charge in [0.15, 0.2) is 5.96 Å². The lowest BCUT2D eigenvalue weighted by Crippen LogP contribution is -2.28. The third-order valence-electron chi connectivity index (χ3n) is 5.00. The molecule has 25 heavy (non-hydrogen) atoms. The predicted octanol–water partition coefficient (Wildman–Crippen LogP) is 3.17. The van der Waals surface area contributed by atoms with Gasteiger partial charge in [-0.05, 0) is 36.8 Å². The van der Waals surface area contributed by atoms with Gasteiger partial charge >= 0.3 is 0 Å². The Kier molecular flexibility index (Phi) is 7.10. The molecule has 1 heterocycles. The molecule has 0 spiro atoms. The minimum absolute atomic E-state index is 0. The Morgan fingerprint density at radius 3 is 2.48 bits per heavy atom. The van der Waals surface area contributed by atoms with E-state index in [1.807, 2.05) is 4.90 Å². The van der Waals surface area contributed by atoms with Crippen molar-refractivity contribution in [2.45, 2.75) is 52.0 Å². The van der Waals surface area contributed by atoms with E-state index in [0.717, 1.165) is 25.1 Å². The number of benzene rings is 1. The SMILES string of the molecule is CCc1cccc(CC)c1NC(N)=NCC1CC(=O)N(C2CC2)C1.I. The summed E-state index contributed by atoms with van der Waals surface area (Å²) in [5, 5.41) is 3.29. The van der Waals surface area contributed by atoms with E-state index in [1.165, 1.54) is 24.0 Å². The smallest absolute Gasteiger partial charge is 0.223 e. The number of carbonyl (C=O) groups excluding carboxylic acids is 1. The normalized spacial score (nSPS) is 20.6. The van der Waals surface area contributed by atoms with Crippen molar-refractivity contribution in [2.24, 2.45) is 16.6 Å². The zero-order valence-corrected chi connectivity index (χ0v) is 17.5. The zero-order valence-electron chi connectivity index (χ0n) is 15.1. The Morgan fingerprint density at radius 2 is 1.92 bits per heavy atom. The Balaban J connectivity index is 0.00000225. The molecular weight excluding hydrogens is 427 g/mol. The molecule has 1 aromatic rings. The summed E-state index contributed by atoms with van der Waals surface area (Å²) in [4.78, 5) is 18.5. The van der Waals surface area contributed by atoms with Crippen LogP contribution >= 0.6 is 24.0 Å². The number of halogens is 1. The lowest BCUT2D eigenvalue weighted by Gasteiger charge is -2.16. The van der Waals surface area contributed by atoms with Crippen LogP contribution in [0.4, 0.5) is 5.69 Å². The number of hydrogen-bond acceptors (Lipinski definition) is 2. The Labute approximate surface area is 167 Å². The first-order valence-corrected chi connectivity index (χ1v) is 9.09. The predicted molar refractivity (Wildman–Crippen MR) is 114 cm³/mol. The average Bonchev–Trinajstić information content (AvgIpc) is 3.36. The molecule has 0 bridgehead atoms. The summed E-state index contributed by atoms with van der Waals surface area (Å²) in [5.41, 5.74) is 9.71. The molecule has 1 saturated carbocycles. The number of aryl methyl sites for hydroxylation is 2. The second-order valence-electron chi connectivity index (χ2n) is 6.86. The van der Waals surface area contributed by atoms with Crippen molar-refractivity contribution >= 4 is 41.5 Å². The van der Waals surface area contributed by atoms with E-state index in [0.29, 0.717) is 30.9 Å². The number of rotatable bonds is 6. The number of nitrogens with two attached hydrogens (primary N) is 1. The van der Waals surface area contributed by atoms with Crippen molar-refractivity contribution in [1.82, 2.24) is 4.90 Å². The number of nitrogens with zero attached hydrogens (tertiary/aromatic N) is 2. The Hall–Kier alpha value is -1.31. The molecule has 3 N–H and O–H groups in total. The van der Waals surface area contributed by atoms with Gasteiger partial charge in [-0.15, -0.1) is 24.0 Å². The number of para-hydroxylation sites is 1. The van der Waals surface area contributed by atoms with Crippen molar-refractivity contribution in [3.8, 4) is 0 Å². The molecule has 0 radical (unpaired) electrons. The first-order chi connectivity index (χ1) is 11.6. The van der Waals surface area contributed by atoms with E-state index in [4.69, 9.17) is 5.73 Å². The maximum Gasteiger partial charge on any atom is 0.223 e. The summed E-state index contributed by atoms with van der Waals surface area (Å²) in [5.74, 6) is 1.03. The Bertz CT molecular complexity index is 620. The molecule has 1 aromatic carbocycles. The summed E-state index contributed by atoms with van der Waals surface area (Å²) < 4.78 is 0. The molecule has 1 saturated heterocycles. The van der Waals surface area contributed by atoms with Crippen LogP contribution in [0.3, 0.4) is 0 Å². The highest BCUT2D eigenvalue weighted by molar-refractivity contribution is 14.0. The molecule has 3 rings (SSSR count). The topological polar surface area (TPSA) is 70.7 Å². The van der Waals surface area contributed by atoms with Gasteiger partial charge in [0, 0.05) is 37.2 Å². The van der Waals surface area contributed by atoms with Gasteiger partial charge in [0.2, 0.25) is 5.91 Å². The van der Waals surface area contributed by atoms with E-state index in [-0.39, 0.29) is 29.9 Å². The van der Waals surface area contributed by atoms with Gasteiger partial charge in [0.25, 0.3) is 0 Å². The number of carbonyl (C=O) groups is 1. The van der Waals surface area contributed by atoms with Gasteiger partial charge in [0.05, 0.1) is 0 Å². The van der Waals surface area contributed by atoms with Crippen LogP contribution in [0.5, 0.6) is 0 Å². The second-order valence-corrected chi connectivity index (χ2v) is 6.86. The highest BCUT2D eigenvalue weighted by atomic mass is 127. The molecule has 0 aromatic heterocycles. The maximum atomic E-state index is 12.0. The molecule has 5 nitrogen and oxygen atoms in total. The van der Waals surface area contributed by atoms with Crippen LogP contribution in [0.25, 0.3) is 0 Å². The van der Waals surface area contributed by atoms with E-state index < -0.39 is 0 Å². The summed E-state index contributed by atoms with van der Waals surface area (Å²) in [6.45, 7) is 5.74. The molecule has 6 heteroatoms. The third kappa shape index (κ3) is 4.86. The van der Waals surface area contributed by atoms with E-state index in [9.17, 15) is 4.79 Å². The largest absolute Gasteiger partial charge is 0.370 e. The molecule has 1 aliphatic heterocycles. The Morgan fingerprint density at radius 1 is 1.28 bits per heavy atom. The van der Waals surface area contributed by atoms with Crippen LogP contribution < -0.4 is 11.1 Å². The molecular formula is C19H29IN4O. The van der Waals surface area contributed by atoms with E-state index in [2.05, 4.69) is 42.4 Å². The third-order valence-corrected chi connectivity index (χ3v) is 5.00. The second kappa shape index (κ2) is 8.87. The van der Waals surface area contributed by atoms with Gasteiger partial charge in [-0.2, -0.15) is 0 Å². The van der Waals surface area contributed by atoms with Gasteiger partial charge in [-0.3, -0.25) is 9.79 Å². The van der Waals surface area contributed by atoms with Gasteiger partial charge in [-0.1, -0.05) is 32.0 Å². The van der Waals surface area contributed by atoms with Crippen LogP contribution in [-0.4, -0.2) is 35.9 Å². The lowest BCUT2D eigenvalue weighted by molar-refractivity contribution is -0.128. The summed E-state index contributed by atoms with van der Waals surface area (Å²) in [6, 6.07) is 6.84. The van der Waals surface area contributed by atoms with Gasteiger partial charge in [-0.25, -0.2) is 0 Å². The number of nitrogens with one attached hydrogen (secondary N) is 1. The monoisotopic (exact) mass is 456 g/mol. The fourth-order valence-corrected chi connectivity index (χ4v) is 3.47. The standard InChI is InChI=1S/C19H28N4O.HI/c1-3-14-6-5-7-15(4-2)18(14)22-19(20)21-11-13-10-17(24)23(12-13)16-8-9-16;/h5-7,13,16H,3-4,8-12H2,1-2H3,(H3,20,21,22);1H. The minimum atomic E-state index is 0. The van der Waals surface area contributed by atoms with Crippen molar-refractivity contribution in [3.05, 3.63) is 29.3 Å². The molecule has 1 amide bonds. The van der Waals surface area contributed by atoms with E-state index >= 15 is 0 Å².